The third-order valence-electron chi connectivity index (χ3n) is 3.59. The van der Waals surface area contributed by atoms with Crippen LogP contribution in [0.15, 0.2) is 49.1 Å². The highest BCUT2D eigenvalue weighted by Crippen LogP contribution is 2.27. The van der Waals surface area contributed by atoms with Gasteiger partial charge in [0.25, 0.3) is 5.69 Å². The van der Waals surface area contributed by atoms with Gasteiger partial charge in [0, 0.05) is 36.5 Å². The van der Waals surface area contributed by atoms with Gasteiger partial charge in [-0.3, -0.25) is 30.1 Å². The number of nitro groups is 1. The van der Waals surface area contributed by atoms with Crippen molar-refractivity contribution in [1.82, 2.24) is 19.9 Å². The Morgan fingerprint density at radius 2 is 1.35 bits per heavy atom. The molecule has 0 bridgehead atoms. The van der Waals surface area contributed by atoms with E-state index in [1.54, 1.807) is 12.4 Å². The first kappa shape index (κ1) is 17.4. The molecule has 4 aromatic rings. The van der Waals surface area contributed by atoms with Crippen LogP contribution in [0.4, 0.5) is 11.4 Å². The van der Waals surface area contributed by atoms with E-state index in [0.29, 0.717) is 11.0 Å². The Hall–Kier alpha value is -3.39. The number of nitrogen functional groups attached to an aromatic ring is 1. The van der Waals surface area contributed by atoms with Gasteiger partial charge >= 0.3 is 0 Å². The lowest BCUT2D eigenvalue weighted by molar-refractivity contribution is -0.384. The van der Waals surface area contributed by atoms with Crippen molar-refractivity contribution >= 4 is 45.0 Å². The molecule has 0 saturated carbocycles. The fourth-order valence-electron chi connectivity index (χ4n) is 2.25. The largest absolute Gasteiger partial charge is 0.398 e. The zero-order chi connectivity index (χ0) is 18.7. The van der Waals surface area contributed by atoms with Crippen molar-refractivity contribution in [3.63, 3.8) is 0 Å². The number of halogens is 1. The summed E-state index contributed by atoms with van der Waals surface area (Å²) in [5, 5.41) is 10.6. The lowest BCUT2D eigenvalue weighted by Crippen LogP contribution is -1.91. The zero-order valence-corrected chi connectivity index (χ0v) is 14.4. The molecule has 9 heteroatoms. The molecule has 0 unspecified atom stereocenters. The molecule has 0 atom stereocenters. The van der Waals surface area contributed by atoms with Gasteiger partial charge in [0.05, 0.1) is 27.0 Å². The lowest BCUT2D eigenvalue weighted by atomic mass is 10.2. The normalized spacial score (nSPS) is 10.4. The molecule has 0 aliphatic rings. The number of hydrogen-bond donors (Lipinski definition) is 1. The summed E-state index contributed by atoms with van der Waals surface area (Å²) in [6.45, 7) is 1.96. The first-order valence-electron chi connectivity index (χ1n) is 7.47. The van der Waals surface area contributed by atoms with Gasteiger partial charge in [-0.05, 0) is 30.7 Å². The molecule has 4 rings (SSSR count). The molecule has 2 aromatic carbocycles. The summed E-state index contributed by atoms with van der Waals surface area (Å²) in [5.41, 5.74) is 10.1. The predicted octanol–water partition coefficient (Wildman–Crippen LogP) is 3.71. The van der Waals surface area contributed by atoms with Gasteiger partial charge in [-0.25, -0.2) is 0 Å². The molecule has 0 aliphatic carbocycles. The first-order chi connectivity index (χ1) is 12.5. The quantitative estimate of drug-likeness (QED) is 0.308. The van der Waals surface area contributed by atoms with E-state index >= 15 is 0 Å². The molecule has 0 radical (unpaired) electrons. The summed E-state index contributed by atoms with van der Waals surface area (Å²) in [5.74, 6) is 0. The summed E-state index contributed by atoms with van der Waals surface area (Å²) >= 11 is 5.69. The number of benzene rings is 2. The average molecular weight is 369 g/mol. The molecule has 0 fully saturated rings. The molecule has 2 N–H and O–H groups in total. The van der Waals surface area contributed by atoms with Crippen molar-refractivity contribution in [2.45, 2.75) is 6.92 Å². The Bertz CT molecular complexity index is 1080. The van der Waals surface area contributed by atoms with Gasteiger partial charge in [0.15, 0.2) is 0 Å². The minimum absolute atomic E-state index is 0.0722. The minimum atomic E-state index is -0.545. The monoisotopic (exact) mass is 368 g/mol. The first-order valence-corrected chi connectivity index (χ1v) is 7.85. The van der Waals surface area contributed by atoms with E-state index in [4.69, 9.17) is 17.3 Å². The molecule has 8 nitrogen and oxygen atoms in total. The number of hydrogen-bond acceptors (Lipinski definition) is 7. The molecule has 2 aromatic heterocycles. The number of rotatable bonds is 1. The van der Waals surface area contributed by atoms with Gasteiger partial charge in [0.1, 0.15) is 5.02 Å². The van der Waals surface area contributed by atoms with Crippen molar-refractivity contribution in [3.8, 4) is 0 Å². The van der Waals surface area contributed by atoms with Crippen LogP contribution in [0.5, 0.6) is 0 Å². The molecule has 2 heterocycles. The maximum atomic E-state index is 10.5. The molecule has 0 saturated heterocycles. The number of aromatic nitrogens is 4. The van der Waals surface area contributed by atoms with E-state index < -0.39 is 4.92 Å². The smallest absolute Gasteiger partial charge is 0.290 e. The van der Waals surface area contributed by atoms with Crippen LogP contribution in [0.1, 0.15) is 5.56 Å². The van der Waals surface area contributed by atoms with E-state index in [-0.39, 0.29) is 10.7 Å². The SMILES string of the molecule is Cc1cc2nccnc2cc1N.O=[N+]([O-])c1cc2nccnc2cc1Cl. The molecule has 0 spiro atoms. The maximum Gasteiger partial charge on any atom is 0.290 e. The van der Waals surface area contributed by atoms with Crippen molar-refractivity contribution < 1.29 is 4.92 Å². The van der Waals surface area contributed by atoms with Crippen LogP contribution in [-0.2, 0) is 0 Å². The van der Waals surface area contributed by atoms with Crippen LogP contribution in [0.2, 0.25) is 5.02 Å². The van der Waals surface area contributed by atoms with E-state index in [0.717, 1.165) is 22.3 Å². The Labute approximate surface area is 152 Å². The maximum absolute atomic E-state index is 10.5. The van der Waals surface area contributed by atoms with Crippen molar-refractivity contribution in [2.24, 2.45) is 0 Å². The van der Waals surface area contributed by atoms with Gasteiger partial charge in [-0.15, -0.1) is 0 Å². The second kappa shape index (κ2) is 7.24. The highest BCUT2D eigenvalue weighted by atomic mass is 35.5. The minimum Gasteiger partial charge on any atom is -0.398 e. The lowest BCUT2D eigenvalue weighted by Gasteiger charge is -2.00. The fourth-order valence-corrected chi connectivity index (χ4v) is 2.47. The van der Waals surface area contributed by atoms with Crippen molar-refractivity contribution in [3.05, 3.63) is 69.8 Å². The summed E-state index contributed by atoms with van der Waals surface area (Å²) < 4.78 is 0. The molecule has 26 heavy (non-hydrogen) atoms. The third-order valence-corrected chi connectivity index (χ3v) is 3.89. The van der Waals surface area contributed by atoms with Crippen LogP contribution < -0.4 is 5.73 Å². The van der Waals surface area contributed by atoms with Crippen LogP contribution in [0.25, 0.3) is 22.1 Å². The molecular formula is C17H13ClN6O2. The number of fused-ring (bicyclic) bond motifs is 2. The van der Waals surface area contributed by atoms with Gasteiger partial charge in [0.2, 0.25) is 0 Å². The van der Waals surface area contributed by atoms with Crippen molar-refractivity contribution in [2.75, 3.05) is 5.73 Å². The fraction of sp³-hybridized carbons (Fsp3) is 0.0588. The standard InChI is InChI=1S/C9H9N3.C8H4ClN3O2/c1-6-4-8-9(5-7(6)10)12-3-2-11-8;9-5-3-6-7(11-2-1-10-6)4-8(5)12(13)14/h2-5H,10H2,1H3;1-4H. The number of nitro benzene ring substituents is 1. The predicted molar refractivity (Wildman–Crippen MR) is 99.9 cm³/mol. The topological polar surface area (TPSA) is 121 Å². The van der Waals surface area contributed by atoms with E-state index in [1.807, 2.05) is 19.1 Å². The summed E-state index contributed by atoms with van der Waals surface area (Å²) in [7, 11) is 0. The number of nitrogens with two attached hydrogens (primary N) is 1. The Morgan fingerprint density at radius 1 is 0.885 bits per heavy atom. The number of aryl methyl sites for hydroxylation is 1. The second-order valence-corrected chi connectivity index (χ2v) is 5.77. The number of nitrogens with zero attached hydrogens (tertiary/aromatic N) is 5. The molecule has 0 amide bonds. The van der Waals surface area contributed by atoms with Crippen LogP contribution in [0, 0.1) is 17.0 Å². The van der Waals surface area contributed by atoms with Crippen LogP contribution in [0.3, 0.4) is 0 Å². The average Bonchev–Trinajstić information content (AvgIpc) is 2.62. The second-order valence-electron chi connectivity index (χ2n) is 5.36. The Morgan fingerprint density at radius 3 is 1.88 bits per heavy atom. The van der Waals surface area contributed by atoms with E-state index in [1.165, 1.54) is 24.5 Å². The summed E-state index contributed by atoms with van der Waals surface area (Å²) in [6, 6.07) is 6.53. The van der Waals surface area contributed by atoms with Crippen LogP contribution in [-0.4, -0.2) is 24.9 Å². The molecule has 0 aliphatic heterocycles. The van der Waals surface area contributed by atoms with Crippen LogP contribution >= 0.6 is 11.6 Å². The Balaban J connectivity index is 0.000000152. The Kier molecular flexibility index (Phi) is 4.85. The van der Waals surface area contributed by atoms with Crippen molar-refractivity contribution in [1.29, 1.82) is 0 Å². The highest BCUT2D eigenvalue weighted by Gasteiger charge is 2.13. The molecule has 130 valence electrons. The summed E-state index contributed by atoms with van der Waals surface area (Å²) in [6.07, 6.45) is 6.32. The van der Waals surface area contributed by atoms with Gasteiger partial charge in [-0.2, -0.15) is 0 Å². The molecular weight excluding hydrogens is 356 g/mol. The van der Waals surface area contributed by atoms with Gasteiger partial charge in [-0.1, -0.05) is 11.6 Å². The highest BCUT2D eigenvalue weighted by molar-refractivity contribution is 6.33. The summed E-state index contributed by atoms with van der Waals surface area (Å²) in [4.78, 5) is 26.2. The van der Waals surface area contributed by atoms with E-state index in [9.17, 15) is 10.1 Å². The van der Waals surface area contributed by atoms with Gasteiger partial charge < -0.3 is 5.73 Å². The third kappa shape index (κ3) is 3.65. The zero-order valence-electron chi connectivity index (χ0n) is 13.6. The van der Waals surface area contributed by atoms with E-state index in [2.05, 4.69) is 19.9 Å². The number of anilines is 1.